The van der Waals surface area contributed by atoms with Gasteiger partial charge < -0.3 is 14.8 Å². The molecular formula is C22H25ClN2O6S. The van der Waals surface area contributed by atoms with Crippen molar-refractivity contribution in [3.8, 4) is 5.75 Å². The van der Waals surface area contributed by atoms with E-state index in [0.717, 1.165) is 24.2 Å². The SMILES string of the molecule is COc1ccc(CCNC(=O)COC(=O)c2ccc(Cl)c(S(=O)(=O)N3CCCC3)c2)cc1. The van der Waals surface area contributed by atoms with E-state index >= 15 is 0 Å². The summed E-state index contributed by atoms with van der Waals surface area (Å²) in [5.41, 5.74) is 1.04. The molecule has 0 unspecified atom stereocenters. The zero-order chi connectivity index (χ0) is 23.1. The third kappa shape index (κ3) is 5.99. The quantitative estimate of drug-likeness (QED) is 0.553. The van der Waals surface area contributed by atoms with E-state index in [1.807, 2.05) is 24.3 Å². The Morgan fingerprint density at radius 2 is 1.78 bits per heavy atom. The zero-order valence-corrected chi connectivity index (χ0v) is 19.2. The van der Waals surface area contributed by atoms with Crippen LogP contribution in [0, 0.1) is 0 Å². The minimum Gasteiger partial charge on any atom is -0.497 e. The fraction of sp³-hybridized carbons (Fsp3) is 0.364. The molecular weight excluding hydrogens is 456 g/mol. The van der Waals surface area contributed by atoms with Gasteiger partial charge in [-0.1, -0.05) is 23.7 Å². The molecule has 0 spiro atoms. The van der Waals surface area contributed by atoms with Crippen LogP contribution in [-0.4, -0.2) is 58.0 Å². The number of hydrogen-bond acceptors (Lipinski definition) is 6. The summed E-state index contributed by atoms with van der Waals surface area (Å²) in [6.07, 6.45) is 2.18. The van der Waals surface area contributed by atoms with E-state index in [0.29, 0.717) is 26.1 Å². The molecule has 0 aromatic heterocycles. The van der Waals surface area contributed by atoms with Crippen molar-refractivity contribution >= 4 is 33.5 Å². The highest BCUT2D eigenvalue weighted by Gasteiger charge is 2.30. The predicted molar refractivity (Wildman–Crippen MR) is 119 cm³/mol. The van der Waals surface area contributed by atoms with Crippen LogP contribution in [0.25, 0.3) is 0 Å². The average molecular weight is 481 g/mol. The van der Waals surface area contributed by atoms with Crippen molar-refractivity contribution in [1.29, 1.82) is 0 Å². The number of carbonyl (C=O) groups excluding carboxylic acids is 2. The molecule has 1 aliphatic rings. The summed E-state index contributed by atoms with van der Waals surface area (Å²) in [5.74, 6) is -0.501. The minimum atomic E-state index is -3.79. The van der Waals surface area contributed by atoms with Crippen molar-refractivity contribution in [3.63, 3.8) is 0 Å². The molecule has 1 heterocycles. The van der Waals surface area contributed by atoms with Gasteiger partial charge in [-0.25, -0.2) is 13.2 Å². The van der Waals surface area contributed by atoms with E-state index in [9.17, 15) is 18.0 Å². The Kier molecular flexibility index (Phi) is 8.11. The van der Waals surface area contributed by atoms with Crippen LogP contribution in [0.2, 0.25) is 5.02 Å². The van der Waals surface area contributed by atoms with Crippen LogP contribution in [-0.2, 0) is 26.0 Å². The first-order chi connectivity index (χ1) is 15.3. The summed E-state index contributed by atoms with van der Waals surface area (Å²) in [5, 5.41) is 2.71. The standard InChI is InChI=1S/C22H25ClN2O6S/c1-30-18-7-4-16(5-8-18)10-11-24-21(26)15-31-22(27)17-6-9-19(23)20(14-17)32(28,29)25-12-2-3-13-25/h4-9,14H,2-3,10-13,15H2,1H3,(H,24,26). The van der Waals surface area contributed by atoms with Gasteiger partial charge in [-0.05, 0) is 55.2 Å². The number of methoxy groups -OCH3 is 1. The highest BCUT2D eigenvalue weighted by Crippen LogP contribution is 2.28. The molecule has 1 aliphatic heterocycles. The molecule has 1 amide bonds. The van der Waals surface area contributed by atoms with Crippen LogP contribution in [0.5, 0.6) is 5.75 Å². The fourth-order valence-corrected chi connectivity index (χ4v) is 5.32. The van der Waals surface area contributed by atoms with E-state index < -0.39 is 28.5 Å². The number of sulfonamides is 1. The van der Waals surface area contributed by atoms with Gasteiger partial charge >= 0.3 is 5.97 Å². The van der Waals surface area contributed by atoms with Gasteiger partial charge in [0.1, 0.15) is 10.6 Å². The lowest BCUT2D eigenvalue weighted by atomic mass is 10.1. The van der Waals surface area contributed by atoms with Crippen LogP contribution in [0.4, 0.5) is 0 Å². The number of hydrogen-bond donors (Lipinski definition) is 1. The Hall–Kier alpha value is -2.62. The molecule has 32 heavy (non-hydrogen) atoms. The number of amides is 1. The summed E-state index contributed by atoms with van der Waals surface area (Å²) in [6, 6.07) is 11.4. The number of carbonyl (C=O) groups is 2. The second-order valence-corrected chi connectivity index (χ2v) is 9.59. The third-order valence-electron chi connectivity index (χ3n) is 5.08. The lowest BCUT2D eigenvalue weighted by molar-refractivity contribution is -0.124. The molecule has 8 nitrogen and oxygen atoms in total. The molecule has 0 saturated carbocycles. The molecule has 3 rings (SSSR count). The first kappa shape index (κ1) is 24.0. The first-order valence-corrected chi connectivity index (χ1v) is 12.0. The lowest BCUT2D eigenvalue weighted by Crippen LogP contribution is -2.30. The monoisotopic (exact) mass is 480 g/mol. The topological polar surface area (TPSA) is 102 Å². The number of halogens is 1. The largest absolute Gasteiger partial charge is 0.497 e. The lowest BCUT2D eigenvalue weighted by Gasteiger charge is -2.17. The van der Waals surface area contributed by atoms with Crippen LogP contribution < -0.4 is 10.1 Å². The Morgan fingerprint density at radius 3 is 2.44 bits per heavy atom. The van der Waals surface area contributed by atoms with Crippen molar-refractivity contribution in [2.45, 2.75) is 24.2 Å². The molecule has 0 atom stereocenters. The molecule has 10 heteroatoms. The Morgan fingerprint density at radius 1 is 1.09 bits per heavy atom. The Balaban J connectivity index is 1.52. The maximum Gasteiger partial charge on any atom is 0.338 e. The van der Waals surface area contributed by atoms with E-state index in [1.54, 1.807) is 7.11 Å². The van der Waals surface area contributed by atoms with Crippen molar-refractivity contribution < 1.29 is 27.5 Å². The Bertz CT molecular complexity index is 1070. The fourth-order valence-electron chi connectivity index (χ4n) is 3.30. The predicted octanol–water partition coefficient (Wildman–Crippen LogP) is 2.65. The smallest absolute Gasteiger partial charge is 0.338 e. The van der Waals surface area contributed by atoms with Gasteiger partial charge in [0.05, 0.1) is 17.7 Å². The third-order valence-corrected chi connectivity index (χ3v) is 7.46. The second kappa shape index (κ2) is 10.8. The van der Waals surface area contributed by atoms with Gasteiger partial charge in [-0.3, -0.25) is 4.79 Å². The maximum atomic E-state index is 12.8. The molecule has 0 radical (unpaired) electrons. The van der Waals surface area contributed by atoms with Crippen LogP contribution >= 0.6 is 11.6 Å². The maximum absolute atomic E-state index is 12.8. The van der Waals surface area contributed by atoms with Crippen LogP contribution in [0.15, 0.2) is 47.4 Å². The van der Waals surface area contributed by atoms with Gasteiger partial charge in [0.25, 0.3) is 5.91 Å². The summed E-state index contributed by atoms with van der Waals surface area (Å²) in [7, 11) is -2.20. The van der Waals surface area contributed by atoms with Gasteiger partial charge in [-0.15, -0.1) is 0 Å². The van der Waals surface area contributed by atoms with Gasteiger partial charge in [0.2, 0.25) is 10.0 Å². The summed E-state index contributed by atoms with van der Waals surface area (Å²) in [6.45, 7) is 0.744. The van der Waals surface area contributed by atoms with E-state index in [1.165, 1.54) is 22.5 Å². The highest BCUT2D eigenvalue weighted by atomic mass is 35.5. The molecule has 1 saturated heterocycles. The van der Waals surface area contributed by atoms with Crippen LogP contribution in [0.3, 0.4) is 0 Å². The highest BCUT2D eigenvalue weighted by molar-refractivity contribution is 7.89. The minimum absolute atomic E-state index is 0.0122. The van der Waals surface area contributed by atoms with Crippen molar-refractivity contribution in [1.82, 2.24) is 9.62 Å². The van der Waals surface area contributed by atoms with Crippen LogP contribution in [0.1, 0.15) is 28.8 Å². The molecule has 2 aromatic carbocycles. The van der Waals surface area contributed by atoms with Gasteiger partial charge in [-0.2, -0.15) is 4.31 Å². The summed E-state index contributed by atoms with van der Waals surface area (Å²) >= 11 is 6.09. The summed E-state index contributed by atoms with van der Waals surface area (Å²) in [4.78, 5) is 24.2. The van der Waals surface area contributed by atoms with E-state index in [-0.39, 0.29) is 15.5 Å². The van der Waals surface area contributed by atoms with Gasteiger partial charge in [0, 0.05) is 19.6 Å². The average Bonchev–Trinajstić information content (AvgIpc) is 3.34. The second-order valence-electron chi connectivity index (χ2n) is 7.28. The number of ether oxygens (including phenoxy) is 2. The van der Waals surface area contributed by atoms with Crippen molar-refractivity contribution in [2.75, 3.05) is 33.4 Å². The van der Waals surface area contributed by atoms with Crippen molar-refractivity contribution in [3.05, 3.63) is 58.6 Å². The molecule has 0 aliphatic carbocycles. The van der Waals surface area contributed by atoms with Gasteiger partial charge in [0.15, 0.2) is 6.61 Å². The van der Waals surface area contributed by atoms with E-state index in [2.05, 4.69) is 5.32 Å². The number of nitrogens with one attached hydrogen (secondary N) is 1. The molecule has 172 valence electrons. The zero-order valence-electron chi connectivity index (χ0n) is 17.7. The number of nitrogens with zero attached hydrogens (tertiary/aromatic N) is 1. The molecule has 2 aromatic rings. The molecule has 1 fully saturated rings. The number of rotatable bonds is 9. The summed E-state index contributed by atoms with van der Waals surface area (Å²) < 4.78 is 37.1. The molecule has 1 N–H and O–H groups in total. The Labute approximate surface area is 192 Å². The molecule has 0 bridgehead atoms. The first-order valence-electron chi connectivity index (χ1n) is 10.2. The normalized spacial score (nSPS) is 14.2. The van der Waals surface area contributed by atoms with Crippen molar-refractivity contribution in [2.24, 2.45) is 0 Å². The number of esters is 1. The number of benzene rings is 2. The van der Waals surface area contributed by atoms with E-state index in [4.69, 9.17) is 21.1 Å².